The fourth-order valence-corrected chi connectivity index (χ4v) is 4.28. The molecule has 0 atom stereocenters. The quantitative estimate of drug-likeness (QED) is 0.548. The van der Waals surface area contributed by atoms with Crippen LogP contribution in [0.2, 0.25) is 0 Å². The van der Waals surface area contributed by atoms with E-state index in [1.54, 1.807) is 26.4 Å². The van der Waals surface area contributed by atoms with Gasteiger partial charge in [0.25, 0.3) is 5.91 Å². The van der Waals surface area contributed by atoms with E-state index in [0.717, 1.165) is 32.0 Å². The van der Waals surface area contributed by atoms with Gasteiger partial charge < -0.3 is 24.0 Å². The van der Waals surface area contributed by atoms with Gasteiger partial charge in [-0.2, -0.15) is 4.52 Å². The van der Waals surface area contributed by atoms with Gasteiger partial charge in [0.2, 0.25) is 5.91 Å². The van der Waals surface area contributed by atoms with Gasteiger partial charge in [-0.25, -0.2) is 0 Å². The topological polar surface area (TPSA) is 103 Å². The molecule has 0 N–H and O–H groups in total. The minimum absolute atomic E-state index is 0.0482. The fraction of sp³-hybridized carbons (Fsp3) is 0.500. The largest absolute Gasteiger partial charge is 0.459 e. The van der Waals surface area contributed by atoms with Crippen LogP contribution in [0, 0.1) is 0 Å². The van der Waals surface area contributed by atoms with Gasteiger partial charge in [0.15, 0.2) is 17.2 Å². The van der Waals surface area contributed by atoms with Crippen LogP contribution < -0.4 is 4.90 Å². The molecule has 3 aromatic rings. The van der Waals surface area contributed by atoms with Crippen molar-refractivity contribution in [2.45, 2.75) is 12.8 Å². The predicted molar refractivity (Wildman–Crippen MR) is 120 cm³/mol. The zero-order valence-electron chi connectivity index (χ0n) is 18.8. The van der Waals surface area contributed by atoms with Crippen LogP contribution in [0.3, 0.4) is 0 Å². The molecule has 174 valence electrons. The van der Waals surface area contributed by atoms with Crippen molar-refractivity contribution < 1.29 is 14.0 Å². The third-order valence-electron chi connectivity index (χ3n) is 6.35. The molecule has 0 spiro atoms. The van der Waals surface area contributed by atoms with Crippen LogP contribution in [0.5, 0.6) is 0 Å². The Morgan fingerprint density at radius 1 is 0.939 bits per heavy atom. The zero-order chi connectivity index (χ0) is 22.8. The summed E-state index contributed by atoms with van der Waals surface area (Å²) in [6.45, 7) is 5.88. The van der Waals surface area contributed by atoms with Gasteiger partial charge in [0, 0.05) is 65.2 Å². The number of likely N-dealkylation sites (N-methyl/N-ethyl adjacent to an activating group) is 1. The molecule has 11 nitrogen and oxygen atoms in total. The van der Waals surface area contributed by atoms with Crippen molar-refractivity contribution in [3.63, 3.8) is 0 Å². The van der Waals surface area contributed by atoms with Gasteiger partial charge in [-0.05, 0) is 31.3 Å². The summed E-state index contributed by atoms with van der Waals surface area (Å²) in [6.07, 6.45) is 2.28. The van der Waals surface area contributed by atoms with Crippen LogP contribution in [-0.4, -0.2) is 106 Å². The van der Waals surface area contributed by atoms with E-state index in [9.17, 15) is 9.59 Å². The van der Waals surface area contributed by atoms with Gasteiger partial charge in [-0.3, -0.25) is 9.59 Å². The predicted octanol–water partition coefficient (Wildman–Crippen LogP) is 0.386. The first kappa shape index (κ1) is 21.4. The molecule has 2 aliphatic heterocycles. The Morgan fingerprint density at radius 2 is 1.70 bits per heavy atom. The standard InChI is InChI=1S/C22H28N8O3/c1-26-8-10-27(11-9-26)20-5-4-18-23-24-19(30(18)25-20)6-7-21(31)28-12-14-29(15-13-28)22(32)17-3-2-16-33-17/h2-5,16H,6-15H2,1H3. The van der Waals surface area contributed by atoms with Gasteiger partial charge in [0.05, 0.1) is 6.26 Å². The molecule has 0 aliphatic carbocycles. The molecule has 0 bridgehead atoms. The molecule has 5 rings (SSSR count). The zero-order valence-corrected chi connectivity index (χ0v) is 18.8. The maximum atomic E-state index is 12.8. The average molecular weight is 453 g/mol. The number of aryl methyl sites for hydroxylation is 1. The number of carbonyl (C=O) groups excluding carboxylic acids is 2. The summed E-state index contributed by atoms with van der Waals surface area (Å²) in [7, 11) is 2.12. The third kappa shape index (κ3) is 4.54. The smallest absolute Gasteiger partial charge is 0.289 e. The molecule has 2 amide bonds. The molecule has 2 aliphatic rings. The van der Waals surface area contributed by atoms with Gasteiger partial charge in [-0.1, -0.05) is 0 Å². The lowest BCUT2D eigenvalue weighted by Crippen LogP contribution is -2.50. The highest BCUT2D eigenvalue weighted by Gasteiger charge is 2.26. The van der Waals surface area contributed by atoms with E-state index in [1.165, 1.54) is 6.26 Å². The number of aromatic nitrogens is 4. The van der Waals surface area contributed by atoms with Crippen molar-refractivity contribution in [1.29, 1.82) is 0 Å². The summed E-state index contributed by atoms with van der Waals surface area (Å²) in [5.74, 6) is 1.83. The first-order chi connectivity index (χ1) is 16.1. The minimum atomic E-state index is -0.135. The molecule has 0 unspecified atom stereocenters. The molecular formula is C22H28N8O3. The fourth-order valence-electron chi connectivity index (χ4n) is 4.28. The number of furan rings is 1. The second-order valence-corrected chi connectivity index (χ2v) is 8.52. The summed E-state index contributed by atoms with van der Waals surface area (Å²) in [5, 5.41) is 13.2. The summed E-state index contributed by atoms with van der Waals surface area (Å²) < 4.78 is 6.94. The van der Waals surface area contributed by atoms with E-state index in [4.69, 9.17) is 9.52 Å². The van der Waals surface area contributed by atoms with E-state index >= 15 is 0 Å². The Bertz CT molecular complexity index is 1110. The summed E-state index contributed by atoms with van der Waals surface area (Å²) >= 11 is 0. The number of carbonyl (C=O) groups is 2. The number of amides is 2. The number of hydrogen-bond acceptors (Lipinski definition) is 8. The highest BCUT2D eigenvalue weighted by molar-refractivity contribution is 5.91. The number of anilines is 1. The molecule has 5 heterocycles. The minimum Gasteiger partial charge on any atom is -0.459 e. The Morgan fingerprint density at radius 3 is 2.42 bits per heavy atom. The van der Waals surface area contributed by atoms with E-state index in [0.29, 0.717) is 56.3 Å². The number of rotatable bonds is 5. The van der Waals surface area contributed by atoms with Crippen LogP contribution in [-0.2, 0) is 11.2 Å². The van der Waals surface area contributed by atoms with Crippen molar-refractivity contribution in [3.8, 4) is 0 Å². The Kier molecular flexibility index (Phi) is 5.95. The number of nitrogens with zero attached hydrogens (tertiary/aromatic N) is 8. The van der Waals surface area contributed by atoms with Gasteiger partial charge in [0.1, 0.15) is 5.82 Å². The lowest BCUT2D eigenvalue weighted by Gasteiger charge is -2.34. The first-order valence-electron chi connectivity index (χ1n) is 11.3. The molecular weight excluding hydrogens is 424 g/mol. The normalized spacial score (nSPS) is 17.7. The van der Waals surface area contributed by atoms with Gasteiger partial charge in [-0.15, -0.1) is 15.3 Å². The van der Waals surface area contributed by atoms with Gasteiger partial charge >= 0.3 is 0 Å². The molecule has 11 heteroatoms. The average Bonchev–Trinajstić information content (AvgIpc) is 3.53. The van der Waals surface area contributed by atoms with Crippen LogP contribution >= 0.6 is 0 Å². The molecule has 0 aromatic carbocycles. The van der Waals surface area contributed by atoms with E-state index in [2.05, 4.69) is 27.0 Å². The van der Waals surface area contributed by atoms with E-state index in [-0.39, 0.29) is 11.8 Å². The van der Waals surface area contributed by atoms with Crippen molar-refractivity contribution in [3.05, 3.63) is 42.1 Å². The third-order valence-corrected chi connectivity index (χ3v) is 6.35. The van der Waals surface area contributed by atoms with Crippen LogP contribution in [0.25, 0.3) is 5.65 Å². The van der Waals surface area contributed by atoms with E-state index < -0.39 is 0 Å². The maximum Gasteiger partial charge on any atom is 0.289 e. The summed E-state index contributed by atoms with van der Waals surface area (Å²) in [6, 6.07) is 7.26. The van der Waals surface area contributed by atoms with Crippen molar-refractivity contribution in [1.82, 2.24) is 34.5 Å². The molecule has 2 fully saturated rings. The lowest BCUT2D eigenvalue weighted by atomic mass is 10.2. The van der Waals surface area contributed by atoms with Crippen LogP contribution in [0.1, 0.15) is 22.8 Å². The second kappa shape index (κ2) is 9.18. The molecule has 0 radical (unpaired) electrons. The highest BCUT2D eigenvalue weighted by Crippen LogP contribution is 2.16. The Balaban J connectivity index is 1.17. The number of fused-ring (bicyclic) bond motifs is 1. The van der Waals surface area contributed by atoms with Crippen LogP contribution in [0.4, 0.5) is 5.82 Å². The number of piperazine rings is 2. The highest BCUT2D eigenvalue weighted by atomic mass is 16.3. The molecule has 33 heavy (non-hydrogen) atoms. The molecule has 0 saturated carbocycles. The maximum absolute atomic E-state index is 12.8. The van der Waals surface area contributed by atoms with Crippen molar-refractivity contribution in [2.24, 2.45) is 0 Å². The summed E-state index contributed by atoms with van der Waals surface area (Å²) in [5.41, 5.74) is 0.681. The second-order valence-electron chi connectivity index (χ2n) is 8.52. The monoisotopic (exact) mass is 452 g/mol. The lowest BCUT2D eigenvalue weighted by molar-refractivity contribution is -0.132. The SMILES string of the molecule is CN1CCN(c2ccc3nnc(CCC(=O)N4CCN(C(=O)c5ccco5)CC4)n3n2)CC1. The van der Waals surface area contributed by atoms with E-state index in [1.807, 2.05) is 12.1 Å². The number of hydrogen-bond donors (Lipinski definition) is 0. The van der Waals surface area contributed by atoms with Crippen molar-refractivity contribution in [2.75, 3.05) is 64.3 Å². The van der Waals surface area contributed by atoms with Crippen LogP contribution in [0.15, 0.2) is 34.9 Å². The molecule has 2 saturated heterocycles. The Labute approximate surface area is 191 Å². The molecule has 3 aromatic heterocycles. The Hall–Kier alpha value is -3.47. The summed E-state index contributed by atoms with van der Waals surface area (Å²) in [4.78, 5) is 33.3. The first-order valence-corrected chi connectivity index (χ1v) is 11.3. The van der Waals surface area contributed by atoms with Crippen molar-refractivity contribution >= 4 is 23.3 Å².